The summed E-state index contributed by atoms with van der Waals surface area (Å²) in [6.45, 7) is 12.2. The van der Waals surface area contributed by atoms with Crippen molar-refractivity contribution in [2.24, 2.45) is 28.9 Å². The second-order valence-electron chi connectivity index (χ2n) is 16.1. The molecule has 1 aliphatic carbocycles. The molecule has 5 heterocycles. The molecule has 7 rings (SSSR count). The molecule has 2 aliphatic heterocycles. The van der Waals surface area contributed by atoms with E-state index in [1.165, 1.54) is 16.3 Å². The second-order valence-corrected chi connectivity index (χ2v) is 17.0. The van der Waals surface area contributed by atoms with Gasteiger partial charge >= 0.3 is 5.97 Å². The maximum Gasteiger partial charge on any atom is 0.324 e. The summed E-state index contributed by atoms with van der Waals surface area (Å²) in [7, 11) is 1.69. The van der Waals surface area contributed by atoms with Crippen LogP contribution < -0.4 is 16.5 Å². The van der Waals surface area contributed by atoms with Gasteiger partial charge in [0.15, 0.2) is 0 Å². The molecule has 4 N–H and O–H groups in total. The number of methoxy groups -OCH3 is 1. The summed E-state index contributed by atoms with van der Waals surface area (Å²) in [6.07, 6.45) is 4.34. The number of amides is 2. The van der Waals surface area contributed by atoms with Gasteiger partial charge in [-0.25, -0.2) is 10.4 Å². The van der Waals surface area contributed by atoms with Gasteiger partial charge < -0.3 is 25.1 Å². The molecule has 1 saturated carbocycles. The number of thiazole rings is 1. The first-order valence-electron chi connectivity index (χ1n) is 19.2. The molecule has 1 saturated heterocycles. The zero-order valence-corrected chi connectivity index (χ0v) is 33.0. The number of aromatic nitrogens is 3. The van der Waals surface area contributed by atoms with Crippen molar-refractivity contribution in [1.29, 1.82) is 0 Å². The lowest BCUT2D eigenvalue weighted by Gasteiger charge is -2.35. The number of nitrogens with zero attached hydrogens (tertiary/aromatic N) is 4. The van der Waals surface area contributed by atoms with Gasteiger partial charge in [-0.15, -0.1) is 11.3 Å². The predicted molar refractivity (Wildman–Crippen MR) is 209 cm³/mol. The smallest absolute Gasteiger partial charge is 0.324 e. The van der Waals surface area contributed by atoms with E-state index in [-0.39, 0.29) is 48.7 Å². The molecule has 1 aromatic carbocycles. The number of hydrazine groups is 1. The zero-order valence-electron chi connectivity index (χ0n) is 32.2. The van der Waals surface area contributed by atoms with Crippen molar-refractivity contribution >= 4 is 40.0 Å². The van der Waals surface area contributed by atoms with Crippen molar-refractivity contribution in [1.82, 2.24) is 30.3 Å². The van der Waals surface area contributed by atoms with Gasteiger partial charge in [-0.05, 0) is 80.8 Å². The van der Waals surface area contributed by atoms with Gasteiger partial charge in [0.1, 0.15) is 12.1 Å². The van der Waals surface area contributed by atoms with E-state index in [0.29, 0.717) is 38.9 Å². The van der Waals surface area contributed by atoms with E-state index in [9.17, 15) is 14.4 Å². The summed E-state index contributed by atoms with van der Waals surface area (Å²) in [5.41, 5.74) is 15.6. The molecule has 6 bridgehead atoms. The molecule has 288 valence electrons. The number of hydrogen-bond acceptors (Lipinski definition) is 10. The van der Waals surface area contributed by atoms with Gasteiger partial charge in [0, 0.05) is 71.6 Å². The largest absolute Gasteiger partial charge is 0.464 e. The first-order valence-corrected chi connectivity index (χ1v) is 20.1. The van der Waals surface area contributed by atoms with E-state index >= 15 is 0 Å². The number of esters is 1. The summed E-state index contributed by atoms with van der Waals surface area (Å²) in [4.78, 5) is 51.0. The number of nitrogens with two attached hydrogens (primary N) is 1. The number of ether oxygens (including phenoxy) is 2. The Bertz CT molecular complexity index is 2030. The van der Waals surface area contributed by atoms with E-state index in [0.717, 1.165) is 56.1 Å². The minimum absolute atomic E-state index is 0.118. The van der Waals surface area contributed by atoms with Gasteiger partial charge in [0.25, 0.3) is 5.91 Å². The Kier molecular flexibility index (Phi) is 11.0. The van der Waals surface area contributed by atoms with Crippen molar-refractivity contribution in [3.05, 3.63) is 58.2 Å². The second kappa shape index (κ2) is 15.5. The Labute approximate surface area is 321 Å². The molecule has 0 spiro atoms. The van der Waals surface area contributed by atoms with Crippen LogP contribution in [0.15, 0.2) is 41.9 Å². The average Bonchev–Trinajstić information content (AvgIpc) is 3.44. The fraction of sp³-hybridized carbons (Fsp3) is 0.537. The molecule has 2 fully saturated rings. The van der Waals surface area contributed by atoms with E-state index in [1.807, 2.05) is 18.4 Å². The van der Waals surface area contributed by atoms with Crippen molar-refractivity contribution in [3.8, 4) is 22.5 Å². The van der Waals surface area contributed by atoms with Crippen molar-refractivity contribution in [3.63, 3.8) is 0 Å². The van der Waals surface area contributed by atoms with E-state index in [2.05, 4.69) is 67.3 Å². The van der Waals surface area contributed by atoms with Crippen LogP contribution in [0.4, 0.5) is 0 Å². The van der Waals surface area contributed by atoms with Crippen molar-refractivity contribution < 1.29 is 23.9 Å². The number of pyridine rings is 1. The highest BCUT2D eigenvalue weighted by molar-refractivity contribution is 7.10. The Hall–Kier alpha value is -4.17. The Balaban J connectivity index is 1.36. The normalized spacial score (nSPS) is 24.9. The van der Waals surface area contributed by atoms with E-state index in [4.69, 9.17) is 25.2 Å². The molecule has 4 aromatic rings. The van der Waals surface area contributed by atoms with Crippen LogP contribution in [0.2, 0.25) is 0 Å². The summed E-state index contributed by atoms with van der Waals surface area (Å²) < 4.78 is 14.2. The number of rotatable bonds is 8. The van der Waals surface area contributed by atoms with Crippen LogP contribution in [0.5, 0.6) is 0 Å². The van der Waals surface area contributed by atoms with Gasteiger partial charge in [0.05, 0.1) is 34.8 Å². The summed E-state index contributed by atoms with van der Waals surface area (Å²) in [5.74, 6) is -0.394. The van der Waals surface area contributed by atoms with E-state index < -0.39 is 23.5 Å². The molecule has 2 amide bonds. The first-order chi connectivity index (χ1) is 25.9. The molecule has 3 aromatic heterocycles. The third-order valence-corrected chi connectivity index (χ3v) is 12.4. The molecular weight excluding hydrogens is 703 g/mol. The number of hydrogen-bond donors (Lipinski definition) is 3. The number of aryl methyl sites for hydroxylation is 1. The summed E-state index contributed by atoms with van der Waals surface area (Å²) in [6, 6.07) is 8.99. The standard InChI is InChI=1S/C41H53N7O5S/c1-23-24(2)35(23)38(49)45-31-19-34-44-32(21-54-34)26-12-13-33-28(18-26)29(20-41(4,5)22-53-40(51)30-11-8-17-48(46-30)39(31)50)37(47(33)16-9-14-42)27-10-7-15-43-36(27)25(3)52-6/h7,10,12-13,15,18,21,23-25,30-31,35,46H,8-9,11,14,16-17,19-20,22,42H2,1-6H3,(H,45,49)/t23-,24+,25-,30-,31-,35?/m0/s1. The maximum absolute atomic E-state index is 14.1. The number of fused-ring (bicyclic) bond motifs is 6. The minimum atomic E-state index is -0.840. The van der Waals surface area contributed by atoms with Crippen LogP contribution in [0.25, 0.3) is 33.4 Å². The molecule has 54 heavy (non-hydrogen) atoms. The average molecular weight is 756 g/mol. The number of benzene rings is 1. The highest BCUT2D eigenvalue weighted by Gasteiger charge is 2.49. The summed E-state index contributed by atoms with van der Waals surface area (Å²) in [5, 5.41) is 8.40. The zero-order chi connectivity index (χ0) is 38.3. The molecule has 13 heteroatoms. The van der Waals surface area contributed by atoms with Crippen LogP contribution in [0, 0.1) is 23.2 Å². The Morgan fingerprint density at radius 3 is 2.76 bits per heavy atom. The van der Waals surface area contributed by atoms with Gasteiger partial charge in [-0.2, -0.15) is 0 Å². The topological polar surface area (TPSA) is 154 Å². The lowest BCUT2D eigenvalue weighted by molar-refractivity contribution is -0.155. The number of carbonyl (C=O) groups is 3. The number of nitrogens with one attached hydrogen (secondary N) is 2. The van der Waals surface area contributed by atoms with Crippen molar-refractivity contribution in [2.75, 3.05) is 26.8 Å². The lowest BCUT2D eigenvalue weighted by atomic mass is 9.84. The van der Waals surface area contributed by atoms with Crippen molar-refractivity contribution in [2.45, 2.75) is 91.5 Å². The minimum Gasteiger partial charge on any atom is -0.464 e. The predicted octanol–water partition coefficient (Wildman–Crippen LogP) is 5.43. The highest BCUT2D eigenvalue weighted by Crippen LogP contribution is 2.46. The van der Waals surface area contributed by atoms with Gasteiger partial charge in [-0.3, -0.25) is 24.4 Å². The van der Waals surface area contributed by atoms with Crippen LogP contribution in [-0.2, 0) is 43.2 Å². The van der Waals surface area contributed by atoms with E-state index in [1.54, 1.807) is 13.3 Å². The first kappa shape index (κ1) is 38.1. The third kappa shape index (κ3) is 7.56. The van der Waals surface area contributed by atoms with Crippen LogP contribution in [0.1, 0.15) is 76.3 Å². The fourth-order valence-corrected chi connectivity index (χ4v) is 8.98. The van der Waals surface area contributed by atoms with Gasteiger partial charge in [-0.1, -0.05) is 33.8 Å². The lowest BCUT2D eigenvalue weighted by Crippen LogP contribution is -2.60. The third-order valence-electron chi connectivity index (χ3n) is 11.5. The maximum atomic E-state index is 14.1. The number of carbonyl (C=O) groups excluding carboxylic acids is 3. The monoisotopic (exact) mass is 755 g/mol. The SMILES string of the molecule is CO[C@@H](C)c1ncccc1-c1c2c3cc(ccc3n1CCCN)-c1csc(n1)C[C@H](NC(=O)C1[C@@H](C)[C@H]1C)C(=O)N1CCC[C@H](N1)C(=O)OCC(C)(C)C2. The fourth-order valence-electron chi connectivity index (χ4n) is 8.13. The quantitative estimate of drug-likeness (QED) is 0.200. The molecule has 3 aliphatic rings. The molecule has 1 unspecified atom stereocenters. The molecular formula is C41H53N7O5S. The Morgan fingerprint density at radius 2 is 2.02 bits per heavy atom. The van der Waals surface area contributed by atoms with Crippen LogP contribution >= 0.6 is 11.3 Å². The molecule has 6 atom stereocenters. The van der Waals surface area contributed by atoms with Crippen LogP contribution in [-0.4, -0.2) is 76.2 Å². The molecule has 12 nitrogen and oxygen atoms in total. The van der Waals surface area contributed by atoms with Gasteiger partial charge in [0.2, 0.25) is 5.91 Å². The van der Waals surface area contributed by atoms with Crippen LogP contribution in [0.3, 0.4) is 0 Å². The summed E-state index contributed by atoms with van der Waals surface area (Å²) >= 11 is 1.48. The highest BCUT2D eigenvalue weighted by atomic mass is 32.1. The molecule has 0 radical (unpaired) electrons. The Morgan fingerprint density at radius 1 is 1.22 bits per heavy atom. The number of cyclic esters (lactones) is 1.